The molecular weight excluding hydrogens is 308 g/mol. The van der Waals surface area contributed by atoms with Crippen molar-refractivity contribution in [2.45, 2.75) is 51.2 Å². The Morgan fingerprint density at radius 3 is 2.78 bits per heavy atom. The molecule has 1 aromatic heterocycles. The predicted octanol–water partition coefficient (Wildman–Crippen LogP) is 4.11. The fourth-order valence-corrected chi connectivity index (χ4v) is 3.36. The van der Waals surface area contributed by atoms with Crippen molar-refractivity contribution < 1.29 is 4.74 Å². The van der Waals surface area contributed by atoms with E-state index in [1.807, 2.05) is 35.8 Å². The lowest BCUT2D eigenvalue weighted by Gasteiger charge is -2.13. The van der Waals surface area contributed by atoms with Gasteiger partial charge in [-0.25, -0.2) is 4.98 Å². The van der Waals surface area contributed by atoms with Crippen molar-refractivity contribution in [3.8, 4) is 0 Å². The smallest absolute Gasteiger partial charge is 0.262 e. The van der Waals surface area contributed by atoms with Gasteiger partial charge in [-0.1, -0.05) is 50.1 Å². The van der Waals surface area contributed by atoms with Gasteiger partial charge in [-0.3, -0.25) is 9.36 Å². The minimum atomic E-state index is 0.0750. The second-order valence-electron chi connectivity index (χ2n) is 5.47. The highest BCUT2D eigenvalue weighted by Gasteiger charge is 2.11. The Hall–Kier alpha value is -1.33. The number of ether oxygens (including phenoxy) is 1. The zero-order chi connectivity index (χ0) is 16.5. The highest BCUT2D eigenvalue weighted by molar-refractivity contribution is 7.99. The van der Waals surface area contributed by atoms with E-state index < -0.39 is 0 Å². The van der Waals surface area contributed by atoms with Gasteiger partial charge >= 0.3 is 0 Å². The highest BCUT2D eigenvalue weighted by Crippen LogP contribution is 2.18. The number of unbranched alkanes of at least 4 members (excludes halogenated alkanes) is 3. The molecule has 0 saturated heterocycles. The molecule has 0 spiro atoms. The normalized spacial score (nSPS) is 11.2. The third-order valence-electron chi connectivity index (χ3n) is 3.72. The summed E-state index contributed by atoms with van der Waals surface area (Å²) in [6.07, 6.45) is 4.58. The minimum Gasteiger partial charge on any atom is -0.381 e. The number of para-hydroxylation sites is 1. The van der Waals surface area contributed by atoms with Gasteiger partial charge in [-0.2, -0.15) is 0 Å². The maximum Gasteiger partial charge on any atom is 0.262 e. The molecule has 5 heteroatoms. The number of hydrogen-bond acceptors (Lipinski definition) is 4. The summed E-state index contributed by atoms with van der Waals surface area (Å²) in [6, 6.07) is 7.59. The number of aromatic nitrogens is 2. The van der Waals surface area contributed by atoms with Crippen LogP contribution in [-0.4, -0.2) is 28.5 Å². The molecule has 0 fully saturated rings. The maximum atomic E-state index is 12.8. The summed E-state index contributed by atoms with van der Waals surface area (Å²) >= 11 is 1.61. The Bertz CT molecular complexity index is 670. The number of hydrogen-bond donors (Lipinski definition) is 0. The first kappa shape index (κ1) is 18.0. The molecule has 1 heterocycles. The first-order valence-electron chi connectivity index (χ1n) is 8.48. The van der Waals surface area contributed by atoms with Crippen LogP contribution in [0.15, 0.2) is 34.2 Å². The van der Waals surface area contributed by atoms with Crippen molar-refractivity contribution >= 4 is 22.7 Å². The zero-order valence-electron chi connectivity index (χ0n) is 14.1. The van der Waals surface area contributed by atoms with Crippen LogP contribution < -0.4 is 5.56 Å². The molecular formula is C18H26N2O2S. The van der Waals surface area contributed by atoms with Crippen LogP contribution in [0.2, 0.25) is 0 Å². The Balaban J connectivity index is 2.23. The number of rotatable bonds is 10. The molecule has 0 aliphatic rings. The average molecular weight is 334 g/mol. The van der Waals surface area contributed by atoms with Crippen LogP contribution in [-0.2, 0) is 11.3 Å². The van der Waals surface area contributed by atoms with E-state index in [9.17, 15) is 4.79 Å². The fraction of sp³-hybridized carbons (Fsp3) is 0.556. The average Bonchev–Trinajstić information content (AvgIpc) is 2.57. The molecule has 0 unspecified atom stereocenters. The highest BCUT2D eigenvalue weighted by atomic mass is 32.2. The molecule has 0 N–H and O–H groups in total. The Labute approximate surface area is 142 Å². The molecule has 0 atom stereocenters. The summed E-state index contributed by atoms with van der Waals surface area (Å²) in [7, 11) is 0. The van der Waals surface area contributed by atoms with E-state index in [0.717, 1.165) is 42.4 Å². The summed E-state index contributed by atoms with van der Waals surface area (Å²) in [5.74, 6) is 0.813. The molecule has 23 heavy (non-hydrogen) atoms. The number of thioether (sulfide) groups is 1. The third-order valence-corrected chi connectivity index (χ3v) is 4.67. The largest absolute Gasteiger partial charge is 0.381 e. The van der Waals surface area contributed by atoms with Crippen LogP contribution in [0, 0.1) is 0 Å². The molecule has 0 aliphatic carbocycles. The van der Waals surface area contributed by atoms with Gasteiger partial charge in [0.2, 0.25) is 0 Å². The van der Waals surface area contributed by atoms with Crippen molar-refractivity contribution in [2.24, 2.45) is 0 Å². The Kier molecular flexibility index (Phi) is 7.62. The van der Waals surface area contributed by atoms with Crippen molar-refractivity contribution in [2.75, 3.05) is 19.0 Å². The first-order chi connectivity index (χ1) is 11.3. The van der Waals surface area contributed by atoms with Crippen LogP contribution in [0.25, 0.3) is 10.9 Å². The van der Waals surface area contributed by atoms with E-state index in [4.69, 9.17) is 9.72 Å². The van der Waals surface area contributed by atoms with Crippen LogP contribution >= 0.6 is 11.8 Å². The SMILES string of the molecule is CCCCCCn1c(SCCOCC)nc2ccccc2c1=O. The van der Waals surface area contributed by atoms with Gasteiger partial charge in [-0.15, -0.1) is 0 Å². The molecule has 0 aliphatic heterocycles. The van der Waals surface area contributed by atoms with Crippen molar-refractivity contribution in [3.63, 3.8) is 0 Å². The van der Waals surface area contributed by atoms with Crippen LogP contribution in [0.3, 0.4) is 0 Å². The van der Waals surface area contributed by atoms with Gasteiger partial charge in [0.1, 0.15) is 0 Å². The molecule has 4 nitrogen and oxygen atoms in total. The molecule has 126 valence electrons. The Morgan fingerprint density at radius 1 is 1.17 bits per heavy atom. The fourth-order valence-electron chi connectivity index (χ4n) is 2.49. The summed E-state index contributed by atoms with van der Waals surface area (Å²) in [6.45, 7) is 6.32. The summed E-state index contributed by atoms with van der Waals surface area (Å²) in [5, 5.41) is 1.52. The summed E-state index contributed by atoms with van der Waals surface area (Å²) in [4.78, 5) is 17.5. The van der Waals surface area contributed by atoms with Gasteiger partial charge < -0.3 is 4.74 Å². The molecule has 0 saturated carbocycles. The lowest BCUT2D eigenvalue weighted by Crippen LogP contribution is -2.23. The molecule has 2 rings (SSSR count). The van der Waals surface area contributed by atoms with E-state index in [2.05, 4.69) is 6.92 Å². The first-order valence-corrected chi connectivity index (χ1v) is 9.46. The summed E-state index contributed by atoms with van der Waals surface area (Å²) in [5.41, 5.74) is 0.854. The van der Waals surface area contributed by atoms with Gasteiger partial charge in [0, 0.05) is 18.9 Å². The van der Waals surface area contributed by atoms with E-state index in [1.165, 1.54) is 12.8 Å². The zero-order valence-corrected chi connectivity index (χ0v) is 14.9. The van der Waals surface area contributed by atoms with E-state index in [-0.39, 0.29) is 5.56 Å². The van der Waals surface area contributed by atoms with Crippen molar-refractivity contribution in [1.82, 2.24) is 9.55 Å². The second-order valence-corrected chi connectivity index (χ2v) is 6.54. The van der Waals surface area contributed by atoms with E-state index in [1.54, 1.807) is 11.8 Å². The predicted molar refractivity (Wildman–Crippen MR) is 97.4 cm³/mol. The van der Waals surface area contributed by atoms with Crippen LogP contribution in [0.1, 0.15) is 39.5 Å². The Morgan fingerprint density at radius 2 is 2.00 bits per heavy atom. The number of fused-ring (bicyclic) bond motifs is 1. The van der Waals surface area contributed by atoms with Crippen molar-refractivity contribution in [3.05, 3.63) is 34.6 Å². The molecule has 2 aromatic rings. The molecule has 1 aromatic carbocycles. The topological polar surface area (TPSA) is 44.1 Å². The monoisotopic (exact) mass is 334 g/mol. The lowest BCUT2D eigenvalue weighted by atomic mass is 10.2. The van der Waals surface area contributed by atoms with E-state index in [0.29, 0.717) is 12.0 Å². The minimum absolute atomic E-state index is 0.0750. The second kappa shape index (κ2) is 9.73. The maximum absolute atomic E-state index is 12.8. The van der Waals surface area contributed by atoms with Crippen LogP contribution in [0.5, 0.6) is 0 Å². The summed E-state index contributed by atoms with van der Waals surface area (Å²) < 4.78 is 7.23. The third kappa shape index (κ3) is 5.08. The van der Waals surface area contributed by atoms with Gasteiger partial charge in [0.25, 0.3) is 5.56 Å². The lowest BCUT2D eigenvalue weighted by molar-refractivity contribution is 0.164. The van der Waals surface area contributed by atoms with Gasteiger partial charge in [0.15, 0.2) is 5.16 Å². The van der Waals surface area contributed by atoms with Crippen LogP contribution in [0.4, 0.5) is 0 Å². The number of nitrogens with zero attached hydrogens (tertiary/aromatic N) is 2. The standard InChI is InChI=1S/C18H26N2O2S/c1-3-5-6-9-12-20-17(21)15-10-7-8-11-16(15)19-18(20)23-14-13-22-4-2/h7-8,10-11H,3-6,9,12-14H2,1-2H3. The number of benzene rings is 1. The van der Waals surface area contributed by atoms with Gasteiger partial charge in [0.05, 0.1) is 17.5 Å². The molecule has 0 bridgehead atoms. The van der Waals surface area contributed by atoms with Crippen molar-refractivity contribution in [1.29, 1.82) is 0 Å². The molecule has 0 radical (unpaired) electrons. The molecule has 0 amide bonds. The quantitative estimate of drug-likeness (QED) is 0.373. The van der Waals surface area contributed by atoms with Gasteiger partial charge in [-0.05, 0) is 25.5 Å². The van der Waals surface area contributed by atoms with E-state index >= 15 is 0 Å².